The number of aromatic nitrogens is 2. The molecule has 3 aliphatic heterocycles. The number of hydrogen-bond acceptors (Lipinski definition) is 6. The van der Waals surface area contributed by atoms with E-state index < -0.39 is 0 Å². The maximum atomic E-state index is 4.93. The number of anilines is 2. The SMILES string of the molecule is CCc1cc(N2CCC(N[C@@H]3CCNC3)CC2)nc(N2CCCC2)n1. The smallest absolute Gasteiger partial charge is 0.227 e. The van der Waals surface area contributed by atoms with Crippen LogP contribution in [0.1, 0.15) is 44.7 Å². The van der Waals surface area contributed by atoms with Gasteiger partial charge in [0.25, 0.3) is 0 Å². The van der Waals surface area contributed by atoms with Crippen LogP contribution >= 0.6 is 0 Å². The summed E-state index contributed by atoms with van der Waals surface area (Å²) in [5.41, 5.74) is 1.17. The molecule has 25 heavy (non-hydrogen) atoms. The van der Waals surface area contributed by atoms with Gasteiger partial charge >= 0.3 is 0 Å². The maximum Gasteiger partial charge on any atom is 0.227 e. The van der Waals surface area contributed by atoms with Crippen molar-refractivity contribution in [2.45, 2.75) is 57.5 Å². The second-order valence-corrected chi connectivity index (χ2v) is 7.68. The Balaban J connectivity index is 1.40. The zero-order valence-corrected chi connectivity index (χ0v) is 15.5. The van der Waals surface area contributed by atoms with Gasteiger partial charge in [0, 0.05) is 56.6 Å². The predicted molar refractivity (Wildman–Crippen MR) is 103 cm³/mol. The van der Waals surface area contributed by atoms with Gasteiger partial charge in [0.15, 0.2) is 0 Å². The first-order valence-electron chi connectivity index (χ1n) is 10.2. The van der Waals surface area contributed by atoms with Crippen LogP contribution in [0.2, 0.25) is 0 Å². The van der Waals surface area contributed by atoms with Gasteiger partial charge in [-0.2, -0.15) is 4.98 Å². The van der Waals surface area contributed by atoms with Crippen molar-refractivity contribution in [3.05, 3.63) is 11.8 Å². The third-order valence-electron chi connectivity index (χ3n) is 5.86. The van der Waals surface area contributed by atoms with Gasteiger partial charge in [0.05, 0.1) is 0 Å². The second kappa shape index (κ2) is 7.87. The molecule has 0 aromatic carbocycles. The van der Waals surface area contributed by atoms with Crippen LogP contribution in [0.15, 0.2) is 6.07 Å². The van der Waals surface area contributed by atoms with Crippen LogP contribution in [-0.2, 0) is 6.42 Å². The predicted octanol–water partition coefficient (Wildman–Crippen LogP) is 1.56. The van der Waals surface area contributed by atoms with Gasteiger partial charge in [0.2, 0.25) is 5.95 Å². The van der Waals surface area contributed by atoms with Crippen molar-refractivity contribution in [2.75, 3.05) is 49.1 Å². The summed E-state index contributed by atoms with van der Waals surface area (Å²) < 4.78 is 0. The van der Waals surface area contributed by atoms with Crippen LogP contribution in [0, 0.1) is 0 Å². The molecule has 4 rings (SSSR count). The lowest BCUT2D eigenvalue weighted by molar-refractivity contribution is 0.375. The number of piperidine rings is 1. The first kappa shape index (κ1) is 17.0. The molecular weight excluding hydrogens is 312 g/mol. The van der Waals surface area contributed by atoms with Gasteiger partial charge in [-0.25, -0.2) is 4.98 Å². The number of nitrogens with one attached hydrogen (secondary N) is 2. The van der Waals surface area contributed by atoms with E-state index in [2.05, 4.69) is 33.4 Å². The van der Waals surface area contributed by atoms with E-state index in [1.165, 1.54) is 37.8 Å². The fourth-order valence-electron chi connectivity index (χ4n) is 4.28. The lowest BCUT2D eigenvalue weighted by Crippen LogP contribution is -2.47. The number of hydrogen-bond donors (Lipinski definition) is 2. The van der Waals surface area contributed by atoms with Crippen LogP contribution < -0.4 is 20.4 Å². The summed E-state index contributed by atoms with van der Waals surface area (Å²) in [6.07, 6.45) is 7.19. The summed E-state index contributed by atoms with van der Waals surface area (Å²) in [6.45, 7) is 8.88. The van der Waals surface area contributed by atoms with E-state index in [9.17, 15) is 0 Å². The van der Waals surface area contributed by atoms with Gasteiger partial charge < -0.3 is 20.4 Å². The minimum absolute atomic E-state index is 0.659. The molecule has 0 spiro atoms. The van der Waals surface area contributed by atoms with Crippen LogP contribution in [0.25, 0.3) is 0 Å². The van der Waals surface area contributed by atoms with Crippen molar-refractivity contribution in [3.8, 4) is 0 Å². The average molecular weight is 345 g/mol. The largest absolute Gasteiger partial charge is 0.356 e. The fraction of sp³-hybridized carbons (Fsp3) is 0.789. The Bertz CT molecular complexity index is 557. The maximum absolute atomic E-state index is 4.93. The summed E-state index contributed by atoms with van der Waals surface area (Å²) in [7, 11) is 0. The van der Waals surface area contributed by atoms with E-state index in [4.69, 9.17) is 9.97 Å². The Kier molecular flexibility index (Phi) is 5.36. The van der Waals surface area contributed by atoms with Crippen LogP contribution in [0.4, 0.5) is 11.8 Å². The lowest BCUT2D eigenvalue weighted by Gasteiger charge is -2.35. The zero-order chi connectivity index (χ0) is 17.1. The quantitative estimate of drug-likeness (QED) is 0.845. The summed E-state index contributed by atoms with van der Waals surface area (Å²) in [4.78, 5) is 14.5. The molecule has 4 heterocycles. The van der Waals surface area contributed by atoms with Gasteiger partial charge in [-0.1, -0.05) is 6.92 Å². The van der Waals surface area contributed by atoms with Crippen LogP contribution in [0.3, 0.4) is 0 Å². The highest BCUT2D eigenvalue weighted by Crippen LogP contribution is 2.24. The molecule has 3 fully saturated rings. The molecule has 0 bridgehead atoms. The fourth-order valence-corrected chi connectivity index (χ4v) is 4.28. The summed E-state index contributed by atoms with van der Waals surface area (Å²) in [5.74, 6) is 2.08. The van der Waals surface area contributed by atoms with Crippen molar-refractivity contribution < 1.29 is 0 Å². The van der Waals surface area contributed by atoms with Crippen molar-refractivity contribution in [1.82, 2.24) is 20.6 Å². The van der Waals surface area contributed by atoms with Gasteiger partial charge in [-0.3, -0.25) is 0 Å². The molecule has 6 heteroatoms. The van der Waals surface area contributed by atoms with Gasteiger partial charge in [-0.15, -0.1) is 0 Å². The van der Waals surface area contributed by atoms with E-state index >= 15 is 0 Å². The minimum Gasteiger partial charge on any atom is -0.356 e. The molecule has 0 unspecified atom stereocenters. The molecule has 2 N–H and O–H groups in total. The molecule has 0 amide bonds. The standard InChI is InChI=1S/C19H32N6/c1-2-15-13-18(23-19(22-15)25-9-3-4-10-25)24-11-6-16(7-12-24)21-17-5-8-20-14-17/h13,16-17,20-21H,2-12,14H2,1H3/t17-/m1/s1. The number of rotatable bonds is 5. The molecule has 0 radical (unpaired) electrons. The number of aryl methyl sites for hydroxylation is 1. The van der Waals surface area contributed by atoms with E-state index in [0.717, 1.165) is 57.5 Å². The van der Waals surface area contributed by atoms with E-state index in [0.29, 0.717) is 12.1 Å². The Labute approximate surface area is 151 Å². The van der Waals surface area contributed by atoms with E-state index in [1.807, 2.05) is 0 Å². The Morgan fingerprint density at radius 3 is 2.52 bits per heavy atom. The highest BCUT2D eigenvalue weighted by Gasteiger charge is 2.25. The monoisotopic (exact) mass is 344 g/mol. The lowest BCUT2D eigenvalue weighted by atomic mass is 10.0. The molecule has 1 atom stereocenters. The van der Waals surface area contributed by atoms with Crippen LogP contribution in [-0.4, -0.2) is 61.3 Å². The molecule has 3 saturated heterocycles. The highest BCUT2D eigenvalue weighted by atomic mass is 15.3. The second-order valence-electron chi connectivity index (χ2n) is 7.68. The average Bonchev–Trinajstić information content (AvgIpc) is 3.36. The summed E-state index contributed by atoms with van der Waals surface area (Å²) in [5, 5.41) is 7.29. The molecule has 1 aromatic heterocycles. The molecule has 6 nitrogen and oxygen atoms in total. The van der Waals surface area contributed by atoms with Crippen LogP contribution in [0.5, 0.6) is 0 Å². The van der Waals surface area contributed by atoms with E-state index in [1.54, 1.807) is 0 Å². The Morgan fingerprint density at radius 1 is 1.04 bits per heavy atom. The normalized spacial score (nSPS) is 25.1. The third kappa shape index (κ3) is 4.06. The van der Waals surface area contributed by atoms with Crippen molar-refractivity contribution in [3.63, 3.8) is 0 Å². The van der Waals surface area contributed by atoms with E-state index in [-0.39, 0.29) is 0 Å². The van der Waals surface area contributed by atoms with Crippen molar-refractivity contribution in [1.29, 1.82) is 0 Å². The first-order valence-corrected chi connectivity index (χ1v) is 10.2. The molecule has 1 aromatic rings. The topological polar surface area (TPSA) is 56.3 Å². The summed E-state index contributed by atoms with van der Waals surface area (Å²) >= 11 is 0. The number of nitrogens with zero attached hydrogens (tertiary/aromatic N) is 4. The molecule has 138 valence electrons. The van der Waals surface area contributed by atoms with Gasteiger partial charge in [0.1, 0.15) is 5.82 Å². The third-order valence-corrected chi connectivity index (χ3v) is 5.86. The van der Waals surface area contributed by atoms with Gasteiger partial charge in [-0.05, 0) is 45.1 Å². The highest BCUT2D eigenvalue weighted by molar-refractivity contribution is 5.47. The Hall–Kier alpha value is -1.40. The molecule has 0 aliphatic carbocycles. The zero-order valence-electron chi connectivity index (χ0n) is 15.5. The Morgan fingerprint density at radius 2 is 1.84 bits per heavy atom. The van der Waals surface area contributed by atoms with Crippen molar-refractivity contribution in [2.24, 2.45) is 0 Å². The first-order chi connectivity index (χ1) is 12.3. The summed E-state index contributed by atoms with van der Waals surface area (Å²) in [6, 6.07) is 3.53. The van der Waals surface area contributed by atoms with Crippen molar-refractivity contribution >= 4 is 11.8 Å². The molecular formula is C19H32N6. The molecule has 3 aliphatic rings. The minimum atomic E-state index is 0.659. The molecule has 0 saturated carbocycles.